The van der Waals surface area contributed by atoms with Crippen LogP contribution < -0.4 is 0 Å². The Morgan fingerprint density at radius 2 is 2.08 bits per heavy atom. The maximum Gasteiger partial charge on any atom is 0.345 e. The summed E-state index contributed by atoms with van der Waals surface area (Å²) in [6, 6.07) is 0. The predicted octanol–water partition coefficient (Wildman–Crippen LogP) is 0.420. The van der Waals surface area contributed by atoms with Crippen molar-refractivity contribution < 1.29 is 19.1 Å². The fourth-order valence-corrected chi connectivity index (χ4v) is 0.760. The van der Waals surface area contributed by atoms with Crippen molar-refractivity contribution in [2.45, 2.75) is 26.1 Å². The van der Waals surface area contributed by atoms with Gasteiger partial charge in [-0.3, -0.25) is 0 Å². The van der Waals surface area contributed by atoms with Gasteiger partial charge in [0.25, 0.3) is 0 Å². The number of allylic oxidation sites excluding steroid dienone is 1. The lowest BCUT2D eigenvalue weighted by Gasteiger charge is -1.94. The fourth-order valence-electron chi connectivity index (χ4n) is 0.760. The van der Waals surface area contributed by atoms with Gasteiger partial charge in [-0.1, -0.05) is 6.08 Å². The van der Waals surface area contributed by atoms with Crippen molar-refractivity contribution in [2.24, 2.45) is 0 Å². The minimum atomic E-state index is -0.648. The Bertz CT molecular complexity index is 231. The minimum absolute atomic E-state index is 0.115. The zero-order valence-electron chi connectivity index (χ0n) is 6.94. The molecule has 0 N–H and O–H groups in total. The Kier molecular flexibility index (Phi) is 2.60. The summed E-state index contributed by atoms with van der Waals surface area (Å²) in [5, 5.41) is 0. The van der Waals surface area contributed by atoms with E-state index in [0.717, 1.165) is 0 Å². The van der Waals surface area contributed by atoms with Gasteiger partial charge in [-0.2, -0.15) is 0 Å². The Labute approximate surface area is 70.1 Å². The molecular weight excluding hydrogens is 160 g/mol. The van der Waals surface area contributed by atoms with Gasteiger partial charge in [0, 0.05) is 6.08 Å². The first kappa shape index (κ1) is 8.93. The van der Waals surface area contributed by atoms with E-state index < -0.39 is 18.0 Å². The third-order valence-corrected chi connectivity index (χ3v) is 1.45. The summed E-state index contributed by atoms with van der Waals surface area (Å²) in [6.45, 7) is 3.41. The van der Waals surface area contributed by atoms with Crippen molar-refractivity contribution in [3.05, 3.63) is 12.2 Å². The van der Waals surface area contributed by atoms with Crippen molar-refractivity contribution in [3.8, 4) is 0 Å². The smallest absolute Gasteiger partial charge is 0.345 e. The van der Waals surface area contributed by atoms with Crippen LogP contribution in [0.1, 0.15) is 13.8 Å². The Hall–Kier alpha value is -1.16. The Balaban J connectivity index is 2.31. The SMILES string of the molecule is C/C=C/C(=O)OC(=O)C1OC1C. The molecule has 0 saturated carbocycles. The molecule has 4 nitrogen and oxygen atoms in total. The molecule has 1 fully saturated rings. The van der Waals surface area contributed by atoms with Crippen LogP contribution >= 0.6 is 0 Å². The normalized spacial score (nSPS) is 27.2. The number of hydrogen-bond acceptors (Lipinski definition) is 4. The van der Waals surface area contributed by atoms with Gasteiger partial charge in [0.1, 0.15) is 0 Å². The molecule has 0 aromatic heterocycles. The molecule has 0 spiro atoms. The first-order valence-corrected chi connectivity index (χ1v) is 3.69. The van der Waals surface area contributed by atoms with E-state index >= 15 is 0 Å². The van der Waals surface area contributed by atoms with Crippen LogP contribution in [0.2, 0.25) is 0 Å². The molecular formula is C8H10O4. The molecule has 1 aliphatic rings. The van der Waals surface area contributed by atoms with Gasteiger partial charge in [-0.15, -0.1) is 0 Å². The zero-order chi connectivity index (χ0) is 9.14. The first-order chi connectivity index (χ1) is 5.65. The number of esters is 2. The highest BCUT2D eigenvalue weighted by atomic mass is 16.7. The van der Waals surface area contributed by atoms with Gasteiger partial charge in [0.15, 0.2) is 6.10 Å². The van der Waals surface area contributed by atoms with Crippen LogP contribution in [0.5, 0.6) is 0 Å². The monoisotopic (exact) mass is 170 g/mol. The number of rotatable bonds is 2. The van der Waals surface area contributed by atoms with Gasteiger partial charge in [-0.05, 0) is 13.8 Å². The van der Waals surface area contributed by atoms with E-state index in [4.69, 9.17) is 4.74 Å². The molecule has 0 radical (unpaired) electrons. The maximum atomic E-state index is 10.9. The van der Waals surface area contributed by atoms with Crippen molar-refractivity contribution in [1.29, 1.82) is 0 Å². The summed E-state index contributed by atoms with van der Waals surface area (Å²) in [6.07, 6.45) is 2.03. The highest BCUT2D eigenvalue weighted by molar-refractivity contribution is 5.94. The minimum Gasteiger partial charge on any atom is -0.388 e. The molecule has 0 aromatic carbocycles. The van der Waals surface area contributed by atoms with Crippen LogP contribution in [0, 0.1) is 0 Å². The predicted molar refractivity (Wildman–Crippen MR) is 40.2 cm³/mol. The Morgan fingerprint density at radius 1 is 1.50 bits per heavy atom. The van der Waals surface area contributed by atoms with E-state index in [2.05, 4.69) is 4.74 Å². The molecule has 12 heavy (non-hydrogen) atoms. The van der Waals surface area contributed by atoms with Crippen LogP contribution in [0.4, 0.5) is 0 Å². The molecule has 0 aromatic rings. The van der Waals surface area contributed by atoms with E-state index in [1.807, 2.05) is 0 Å². The number of carbonyl (C=O) groups excluding carboxylic acids is 2. The second-order valence-electron chi connectivity index (χ2n) is 2.50. The second-order valence-corrected chi connectivity index (χ2v) is 2.50. The number of epoxide rings is 1. The maximum absolute atomic E-state index is 10.9. The summed E-state index contributed by atoms with van der Waals surface area (Å²) in [7, 11) is 0. The van der Waals surface area contributed by atoms with Gasteiger partial charge in [-0.25, -0.2) is 9.59 Å². The van der Waals surface area contributed by atoms with Gasteiger partial charge < -0.3 is 9.47 Å². The van der Waals surface area contributed by atoms with E-state index in [1.165, 1.54) is 12.2 Å². The average molecular weight is 170 g/mol. The molecule has 0 bridgehead atoms. The molecule has 4 heteroatoms. The van der Waals surface area contributed by atoms with Crippen molar-refractivity contribution in [1.82, 2.24) is 0 Å². The lowest BCUT2D eigenvalue weighted by Crippen LogP contribution is -2.16. The summed E-state index contributed by atoms with van der Waals surface area (Å²) >= 11 is 0. The molecule has 1 rings (SSSR count). The molecule has 2 unspecified atom stereocenters. The van der Waals surface area contributed by atoms with Crippen LogP contribution in [0.15, 0.2) is 12.2 Å². The van der Waals surface area contributed by atoms with Crippen LogP contribution in [-0.4, -0.2) is 24.1 Å². The molecule has 2 atom stereocenters. The molecule has 66 valence electrons. The Morgan fingerprint density at radius 3 is 2.50 bits per heavy atom. The van der Waals surface area contributed by atoms with Gasteiger partial charge in [0.2, 0.25) is 0 Å². The van der Waals surface area contributed by atoms with E-state index in [1.54, 1.807) is 13.8 Å². The van der Waals surface area contributed by atoms with Crippen LogP contribution in [0.25, 0.3) is 0 Å². The van der Waals surface area contributed by atoms with E-state index in [-0.39, 0.29) is 6.10 Å². The first-order valence-electron chi connectivity index (χ1n) is 3.69. The summed E-state index contributed by atoms with van der Waals surface area (Å²) in [5.74, 6) is -1.25. The molecule has 0 amide bonds. The lowest BCUT2D eigenvalue weighted by molar-refractivity contribution is -0.157. The van der Waals surface area contributed by atoms with E-state index in [0.29, 0.717) is 0 Å². The van der Waals surface area contributed by atoms with Crippen LogP contribution in [0.3, 0.4) is 0 Å². The summed E-state index contributed by atoms with van der Waals surface area (Å²) < 4.78 is 9.20. The summed E-state index contributed by atoms with van der Waals surface area (Å²) in [5.41, 5.74) is 0. The largest absolute Gasteiger partial charge is 0.388 e. The zero-order valence-corrected chi connectivity index (χ0v) is 6.94. The third-order valence-electron chi connectivity index (χ3n) is 1.45. The van der Waals surface area contributed by atoms with Crippen molar-refractivity contribution in [2.75, 3.05) is 0 Å². The van der Waals surface area contributed by atoms with Crippen molar-refractivity contribution in [3.63, 3.8) is 0 Å². The van der Waals surface area contributed by atoms with Gasteiger partial charge in [0.05, 0.1) is 6.10 Å². The lowest BCUT2D eigenvalue weighted by atomic mass is 10.3. The van der Waals surface area contributed by atoms with Gasteiger partial charge >= 0.3 is 11.9 Å². The molecule has 1 heterocycles. The summed E-state index contributed by atoms with van der Waals surface area (Å²) in [4.78, 5) is 21.6. The number of hydrogen-bond donors (Lipinski definition) is 0. The van der Waals surface area contributed by atoms with E-state index in [9.17, 15) is 9.59 Å². The fraction of sp³-hybridized carbons (Fsp3) is 0.500. The highest BCUT2D eigenvalue weighted by Crippen LogP contribution is 2.21. The average Bonchev–Trinajstić information content (AvgIpc) is 2.67. The van der Waals surface area contributed by atoms with Crippen LogP contribution in [-0.2, 0) is 19.1 Å². The topological polar surface area (TPSA) is 55.9 Å². The molecule has 0 aliphatic carbocycles. The number of carbonyl (C=O) groups is 2. The molecule has 1 saturated heterocycles. The highest BCUT2D eigenvalue weighted by Gasteiger charge is 2.43. The quantitative estimate of drug-likeness (QED) is 0.261. The third kappa shape index (κ3) is 2.17. The molecule has 1 aliphatic heterocycles. The van der Waals surface area contributed by atoms with Crippen molar-refractivity contribution >= 4 is 11.9 Å². The standard InChI is InChI=1S/C8H10O4/c1-3-4-6(9)12-8(10)7-5(2)11-7/h3-5,7H,1-2H3/b4-3+. The number of ether oxygens (including phenoxy) is 2. The second kappa shape index (κ2) is 3.49.